The van der Waals surface area contributed by atoms with Crippen molar-refractivity contribution >= 4 is 11.9 Å². The molecule has 29 heavy (non-hydrogen) atoms. The van der Waals surface area contributed by atoms with Crippen LogP contribution in [0.15, 0.2) is 24.3 Å². The van der Waals surface area contributed by atoms with Crippen molar-refractivity contribution in [1.82, 2.24) is 9.80 Å². The van der Waals surface area contributed by atoms with Crippen LogP contribution in [0.1, 0.15) is 86.8 Å². The number of esters is 1. The fourth-order valence-electron chi connectivity index (χ4n) is 4.93. The Morgan fingerprint density at radius 2 is 1.66 bits per heavy atom. The highest BCUT2D eigenvalue weighted by atomic mass is 16.5. The summed E-state index contributed by atoms with van der Waals surface area (Å²) in [6, 6.07) is 7.69. The third-order valence-electron chi connectivity index (χ3n) is 6.29. The maximum Gasteiger partial charge on any atom is 0.308 e. The molecule has 0 spiro atoms. The van der Waals surface area contributed by atoms with E-state index in [-0.39, 0.29) is 29.0 Å². The van der Waals surface area contributed by atoms with E-state index < -0.39 is 5.54 Å². The fourth-order valence-corrected chi connectivity index (χ4v) is 4.93. The average Bonchev–Trinajstić information content (AvgIpc) is 2.61. The monoisotopic (exact) mass is 402 g/mol. The topological polar surface area (TPSA) is 49.9 Å². The lowest BCUT2D eigenvalue weighted by Crippen LogP contribution is -2.75. The van der Waals surface area contributed by atoms with Gasteiger partial charge in [-0.3, -0.25) is 14.5 Å². The second-order valence-electron chi connectivity index (χ2n) is 9.82. The van der Waals surface area contributed by atoms with Gasteiger partial charge in [-0.2, -0.15) is 0 Å². The number of rotatable bonds is 5. The van der Waals surface area contributed by atoms with Gasteiger partial charge in [-0.1, -0.05) is 26.0 Å². The fraction of sp³-hybridized carbons (Fsp3) is 0.667. The summed E-state index contributed by atoms with van der Waals surface area (Å²) in [6.07, 6.45) is 1.52. The van der Waals surface area contributed by atoms with Crippen molar-refractivity contribution < 1.29 is 14.3 Å². The number of benzene rings is 1. The molecule has 0 saturated carbocycles. The Morgan fingerprint density at radius 3 is 2.07 bits per heavy atom. The summed E-state index contributed by atoms with van der Waals surface area (Å²) in [4.78, 5) is 29.5. The molecule has 5 nitrogen and oxygen atoms in total. The summed E-state index contributed by atoms with van der Waals surface area (Å²) in [5.41, 5.74) is 0.145. The summed E-state index contributed by atoms with van der Waals surface area (Å²) < 4.78 is 5.17. The van der Waals surface area contributed by atoms with Gasteiger partial charge in [-0.15, -0.1) is 0 Å². The molecule has 1 aliphatic heterocycles. The number of carbonyl (C=O) groups is 2. The van der Waals surface area contributed by atoms with Crippen molar-refractivity contribution in [1.29, 1.82) is 0 Å². The first-order valence-electron chi connectivity index (χ1n) is 10.7. The molecule has 162 valence electrons. The van der Waals surface area contributed by atoms with E-state index in [4.69, 9.17) is 4.74 Å². The van der Waals surface area contributed by atoms with Gasteiger partial charge in [0.15, 0.2) is 0 Å². The SMILES string of the molecule is CCC1(CC)C(=O)N(C(C)(C)C)CC(C)(C)N1C(C)c1ccc(OC(C)=O)cc1. The second-order valence-corrected chi connectivity index (χ2v) is 9.82. The van der Waals surface area contributed by atoms with Crippen LogP contribution in [0.5, 0.6) is 5.75 Å². The van der Waals surface area contributed by atoms with Crippen molar-refractivity contribution in [2.24, 2.45) is 0 Å². The molecule has 1 heterocycles. The zero-order valence-electron chi connectivity index (χ0n) is 19.6. The highest BCUT2D eigenvalue weighted by molar-refractivity contribution is 5.88. The predicted octanol–water partition coefficient (Wildman–Crippen LogP) is 4.95. The van der Waals surface area contributed by atoms with Gasteiger partial charge in [-0.25, -0.2) is 0 Å². The molecule has 0 bridgehead atoms. The lowest BCUT2D eigenvalue weighted by Gasteiger charge is -2.61. The molecular formula is C24H38N2O3. The van der Waals surface area contributed by atoms with E-state index >= 15 is 0 Å². The van der Waals surface area contributed by atoms with Crippen molar-refractivity contribution in [3.05, 3.63) is 29.8 Å². The van der Waals surface area contributed by atoms with Crippen molar-refractivity contribution in [3.63, 3.8) is 0 Å². The molecule has 2 rings (SSSR count). The molecule has 0 N–H and O–H groups in total. The summed E-state index contributed by atoms with van der Waals surface area (Å²) in [5.74, 6) is 0.433. The average molecular weight is 403 g/mol. The van der Waals surface area contributed by atoms with E-state index in [1.54, 1.807) is 0 Å². The quantitative estimate of drug-likeness (QED) is 0.516. The molecule has 1 saturated heterocycles. The molecule has 1 atom stereocenters. The van der Waals surface area contributed by atoms with Crippen LogP contribution >= 0.6 is 0 Å². The van der Waals surface area contributed by atoms with Gasteiger partial charge < -0.3 is 9.64 Å². The number of ether oxygens (including phenoxy) is 1. The van der Waals surface area contributed by atoms with Crippen LogP contribution in [0.25, 0.3) is 0 Å². The molecule has 0 aliphatic carbocycles. The summed E-state index contributed by atoms with van der Waals surface area (Å²) in [7, 11) is 0. The lowest BCUT2D eigenvalue weighted by molar-refractivity contribution is -0.178. The zero-order valence-corrected chi connectivity index (χ0v) is 19.6. The smallest absolute Gasteiger partial charge is 0.308 e. The Bertz CT molecular complexity index is 742. The predicted molar refractivity (Wildman–Crippen MR) is 117 cm³/mol. The van der Waals surface area contributed by atoms with Crippen LogP contribution < -0.4 is 4.74 Å². The van der Waals surface area contributed by atoms with Crippen molar-refractivity contribution in [3.8, 4) is 5.75 Å². The molecule has 1 fully saturated rings. The number of hydrogen-bond acceptors (Lipinski definition) is 4. The molecule has 1 aromatic rings. The minimum Gasteiger partial charge on any atom is -0.427 e. The van der Waals surface area contributed by atoms with E-state index in [0.29, 0.717) is 12.3 Å². The first-order valence-corrected chi connectivity index (χ1v) is 10.7. The number of amides is 1. The van der Waals surface area contributed by atoms with E-state index in [2.05, 4.69) is 65.2 Å². The minimum atomic E-state index is -0.553. The van der Waals surface area contributed by atoms with Gasteiger partial charge in [0.05, 0.1) is 0 Å². The molecule has 5 heteroatoms. The maximum absolute atomic E-state index is 13.8. The van der Waals surface area contributed by atoms with Gasteiger partial charge in [0, 0.05) is 30.6 Å². The van der Waals surface area contributed by atoms with E-state index in [1.807, 2.05) is 24.3 Å². The van der Waals surface area contributed by atoms with E-state index in [1.165, 1.54) is 6.92 Å². The first-order chi connectivity index (χ1) is 13.3. The second kappa shape index (κ2) is 8.10. The highest BCUT2D eigenvalue weighted by Gasteiger charge is 2.57. The number of hydrogen-bond donors (Lipinski definition) is 0. The Hall–Kier alpha value is -1.88. The molecule has 1 aliphatic rings. The minimum absolute atomic E-state index is 0.0438. The molecule has 1 unspecified atom stereocenters. The van der Waals surface area contributed by atoms with Gasteiger partial charge in [-0.05, 0) is 72.1 Å². The van der Waals surface area contributed by atoms with Crippen LogP contribution in [0.2, 0.25) is 0 Å². The van der Waals surface area contributed by atoms with Crippen LogP contribution in [-0.2, 0) is 9.59 Å². The first kappa shape index (κ1) is 23.4. The van der Waals surface area contributed by atoms with Gasteiger partial charge in [0.1, 0.15) is 11.3 Å². The summed E-state index contributed by atoms with van der Waals surface area (Å²) in [5, 5.41) is 0. The Morgan fingerprint density at radius 1 is 1.14 bits per heavy atom. The Kier molecular flexibility index (Phi) is 6.53. The maximum atomic E-state index is 13.8. The summed E-state index contributed by atoms with van der Waals surface area (Å²) >= 11 is 0. The number of nitrogens with zero attached hydrogens (tertiary/aromatic N) is 2. The molecule has 0 radical (unpaired) electrons. The molecule has 1 amide bonds. The highest BCUT2D eigenvalue weighted by Crippen LogP contribution is 2.45. The molecular weight excluding hydrogens is 364 g/mol. The van der Waals surface area contributed by atoms with Gasteiger partial charge in [0.2, 0.25) is 5.91 Å². The van der Waals surface area contributed by atoms with E-state index in [0.717, 1.165) is 18.4 Å². The van der Waals surface area contributed by atoms with E-state index in [9.17, 15) is 9.59 Å². The standard InChI is InChI=1S/C24H38N2O3/c1-10-24(11-2)21(28)25(22(5,6)7)16-23(8,9)26(24)17(3)19-12-14-20(15-13-19)29-18(4)27/h12-15,17H,10-11,16H2,1-9H3. The normalized spacial score (nSPS) is 20.4. The largest absolute Gasteiger partial charge is 0.427 e. The third kappa shape index (κ3) is 4.35. The van der Waals surface area contributed by atoms with Crippen LogP contribution in [0.3, 0.4) is 0 Å². The van der Waals surface area contributed by atoms with Crippen molar-refractivity contribution in [2.75, 3.05) is 6.54 Å². The van der Waals surface area contributed by atoms with Crippen LogP contribution in [0.4, 0.5) is 0 Å². The summed E-state index contributed by atoms with van der Waals surface area (Å²) in [6.45, 7) is 19.3. The third-order valence-corrected chi connectivity index (χ3v) is 6.29. The molecule has 0 aromatic heterocycles. The zero-order chi connectivity index (χ0) is 22.2. The Balaban J connectivity index is 2.50. The number of piperazine rings is 1. The van der Waals surface area contributed by atoms with Gasteiger partial charge in [0.25, 0.3) is 0 Å². The van der Waals surface area contributed by atoms with Crippen LogP contribution in [-0.4, -0.2) is 44.8 Å². The lowest BCUT2D eigenvalue weighted by atomic mass is 9.76. The van der Waals surface area contributed by atoms with Crippen molar-refractivity contribution in [2.45, 2.75) is 97.8 Å². The molecule has 1 aromatic carbocycles. The van der Waals surface area contributed by atoms with Gasteiger partial charge >= 0.3 is 5.97 Å². The van der Waals surface area contributed by atoms with Crippen LogP contribution in [0, 0.1) is 0 Å². The Labute approximate surface area is 176 Å². The number of carbonyl (C=O) groups excluding carboxylic acids is 2.